The third kappa shape index (κ3) is 5.96. The average Bonchev–Trinajstić information content (AvgIpc) is 2.61. The van der Waals surface area contributed by atoms with E-state index >= 15 is 0 Å². The van der Waals surface area contributed by atoms with E-state index in [-0.39, 0.29) is 17.1 Å². The van der Waals surface area contributed by atoms with Gasteiger partial charge in [0.15, 0.2) is 0 Å². The number of carbonyl (C=O) groups excluding carboxylic acids is 1. The first kappa shape index (κ1) is 20.7. The fourth-order valence-electron chi connectivity index (χ4n) is 3.19. The van der Waals surface area contributed by atoms with Gasteiger partial charge in [-0.15, -0.1) is 0 Å². The smallest absolute Gasteiger partial charge is 0.251 e. The Morgan fingerprint density at radius 2 is 1.88 bits per heavy atom. The molecule has 146 valence electrons. The number of hydrogen-bond acceptors (Lipinski definition) is 5. The Bertz CT molecular complexity index is 677. The molecule has 26 heavy (non-hydrogen) atoms. The summed E-state index contributed by atoms with van der Waals surface area (Å²) in [6.45, 7) is 4.84. The second-order valence-electron chi connectivity index (χ2n) is 6.86. The zero-order valence-corrected chi connectivity index (χ0v) is 16.3. The highest BCUT2D eigenvalue weighted by Crippen LogP contribution is 2.28. The molecule has 0 unspecified atom stereocenters. The molecular formula is C18H29N3O4S. The van der Waals surface area contributed by atoms with E-state index in [1.54, 1.807) is 31.4 Å². The minimum Gasteiger partial charge on any atom is -0.384 e. The number of hydrogen-bond donors (Lipinski definition) is 3. The normalized spacial score (nSPS) is 16.8. The maximum absolute atomic E-state index is 12.4. The Kier molecular flexibility index (Phi) is 7.43. The summed E-state index contributed by atoms with van der Waals surface area (Å²) in [5.41, 5.74) is 0.930. The molecule has 3 N–H and O–H groups in total. The van der Waals surface area contributed by atoms with Gasteiger partial charge in [0.25, 0.3) is 5.91 Å². The summed E-state index contributed by atoms with van der Waals surface area (Å²) in [6, 6.07) is 6.48. The number of rotatable bonds is 9. The number of benzene rings is 1. The fourth-order valence-corrected chi connectivity index (χ4v) is 4.33. The first-order chi connectivity index (χ1) is 12.4. The van der Waals surface area contributed by atoms with Gasteiger partial charge >= 0.3 is 0 Å². The molecule has 1 heterocycles. The topological polar surface area (TPSA) is 96.5 Å². The lowest BCUT2D eigenvalue weighted by Crippen LogP contribution is -2.47. The summed E-state index contributed by atoms with van der Waals surface area (Å²) < 4.78 is 31.4. The van der Waals surface area contributed by atoms with Gasteiger partial charge in [-0.05, 0) is 56.6 Å². The second kappa shape index (κ2) is 9.34. The SMILES string of the molecule is CCCS(=O)(=O)Nc1ccc(C(=O)NCC2(COC)CCNCC2)cc1. The van der Waals surface area contributed by atoms with Gasteiger partial charge in [0.1, 0.15) is 0 Å². The summed E-state index contributed by atoms with van der Waals surface area (Å²) in [5.74, 6) is -0.0898. The van der Waals surface area contributed by atoms with E-state index in [1.807, 2.05) is 6.92 Å². The zero-order valence-electron chi connectivity index (χ0n) is 15.5. The molecule has 0 radical (unpaired) electrons. The van der Waals surface area contributed by atoms with Gasteiger partial charge in [0, 0.05) is 30.3 Å². The molecule has 7 nitrogen and oxygen atoms in total. The van der Waals surface area contributed by atoms with E-state index in [1.165, 1.54) is 0 Å². The molecule has 0 spiro atoms. The van der Waals surface area contributed by atoms with E-state index in [0.717, 1.165) is 25.9 Å². The van der Waals surface area contributed by atoms with Gasteiger partial charge < -0.3 is 15.4 Å². The summed E-state index contributed by atoms with van der Waals surface area (Å²) >= 11 is 0. The van der Waals surface area contributed by atoms with Crippen molar-refractivity contribution in [2.75, 3.05) is 43.8 Å². The highest BCUT2D eigenvalue weighted by atomic mass is 32.2. The third-order valence-electron chi connectivity index (χ3n) is 4.63. The van der Waals surface area contributed by atoms with Gasteiger partial charge in [-0.3, -0.25) is 9.52 Å². The summed E-state index contributed by atoms with van der Waals surface area (Å²) in [4.78, 5) is 12.4. The first-order valence-corrected chi connectivity index (χ1v) is 10.6. The van der Waals surface area contributed by atoms with Crippen molar-refractivity contribution in [3.8, 4) is 0 Å². The molecule has 0 saturated carbocycles. The summed E-state index contributed by atoms with van der Waals surface area (Å²) in [5, 5.41) is 6.32. The molecule has 0 atom stereocenters. The van der Waals surface area contributed by atoms with E-state index in [0.29, 0.717) is 30.8 Å². The Morgan fingerprint density at radius 1 is 1.23 bits per heavy atom. The van der Waals surface area contributed by atoms with E-state index in [4.69, 9.17) is 4.74 Å². The van der Waals surface area contributed by atoms with Crippen LogP contribution in [0.2, 0.25) is 0 Å². The number of piperidine rings is 1. The lowest BCUT2D eigenvalue weighted by Gasteiger charge is -2.37. The molecule has 0 aliphatic carbocycles. The minimum absolute atomic E-state index is 0.0363. The van der Waals surface area contributed by atoms with Crippen molar-refractivity contribution in [1.82, 2.24) is 10.6 Å². The quantitative estimate of drug-likeness (QED) is 0.602. The van der Waals surface area contributed by atoms with Crippen molar-refractivity contribution in [3.05, 3.63) is 29.8 Å². The van der Waals surface area contributed by atoms with Crippen LogP contribution in [0.4, 0.5) is 5.69 Å². The van der Waals surface area contributed by atoms with Crippen molar-refractivity contribution in [2.24, 2.45) is 5.41 Å². The van der Waals surface area contributed by atoms with Crippen LogP contribution >= 0.6 is 0 Å². The van der Waals surface area contributed by atoms with Gasteiger partial charge in [-0.2, -0.15) is 0 Å². The maximum Gasteiger partial charge on any atom is 0.251 e. The summed E-state index contributed by atoms with van der Waals surface area (Å²) in [7, 11) is -1.64. The number of amides is 1. The van der Waals surface area contributed by atoms with Gasteiger partial charge in [0.2, 0.25) is 10.0 Å². The van der Waals surface area contributed by atoms with Crippen LogP contribution < -0.4 is 15.4 Å². The number of carbonyl (C=O) groups is 1. The number of anilines is 1. The zero-order chi connectivity index (χ0) is 19.0. The van der Waals surface area contributed by atoms with Crippen molar-refractivity contribution in [1.29, 1.82) is 0 Å². The highest BCUT2D eigenvalue weighted by Gasteiger charge is 2.32. The molecule has 1 aromatic rings. The Balaban J connectivity index is 1.95. The number of methoxy groups -OCH3 is 1. The monoisotopic (exact) mass is 383 g/mol. The molecule has 0 bridgehead atoms. The van der Waals surface area contributed by atoms with Crippen LogP contribution in [0, 0.1) is 5.41 Å². The molecule has 0 aromatic heterocycles. The van der Waals surface area contributed by atoms with Crippen LogP contribution in [0.5, 0.6) is 0 Å². The molecular weight excluding hydrogens is 354 g/mol. The predicted molar refractivity (Wildman–Crippen MR) is 103 cm³/mol. The standard InChI is InChI=1S/C18H29N3O4S/c1-3-12-26(23,24)21-16-6-4-15(5-7-16)17(22)20-13-18(14-25-2)8-10-19-11-9-18/h4-7,19,21H,3,8-14H2,1-2H3,(H,20,22). The molecule has 8 heteroatoms. The lowest BCUT2D eigenvalue weighted by molar-refractivity contribution is 0.0512. The van der Waals surface area contributed by atoms with Crippen LogP contribution in [0.25, 0.3) is 0 Å². The molecule has 1 saturated heterocycles. The molecule has 1 amide bonds. The number of nitrogens with one attached hydrogen (secondary N) is 3. The van der Waals surface area contributed by atoms with Crippen LogP contribution in [-0.4, -0.2) is 53.4 Å². The molecule has 2 rings (SSSR count). The number of ether oxygens (including phenoxy) is 1. The van der Waals surface area contributed by atoms with E-state index in [2.05, 4.69) is 15.4 Å². The van der Waals surface area contributed by atoms with E-state index in [9.17, 15) is 13.2 Å². The summed E-state index contributed by atoms with van der Waals surface area (Å²) in [6.07, 6.45) is 2.47. The third-order valence-corrected chi connectivity index (χ3v) is 6.12. The second-order valence-corrected chi connectivity index (χ2v) is 8.71. The Labute approximate surface area is 155 Å². The molecule has 1 aromatic carbocycles. The Morgan fingerprint density at radius 3 is 2.46 bits per heavy atom. The molecule has 1 fully saturated rings. The van der Waals surface area contributed by atoms with Crippen LogP contribution in [-0.2, 0) is 14.8 Å². The van der Waals surface area contributed by atoms with Gasteiger partial charge in [-0.25, -0.2) is 8.42 Å². The Hall–Kier alpha value is -1.64. The van der Waals surface area contributed by atoms with Crippen LogP contribution in [0.1, 0.15) is 36.5 Å². The van der Waals surface area contributed by atoms with Crippen LogP contribution in [0.15, 0.2) is 24.3 Å². The fraction of sp³-hybridized carbons (Fsp3) is 0.611. The van der Waals surface area contributed by atoms with Crippen molar-refractivity contribution in [2.45, 2.75) is 26.2 Å². The van der Waals surface area contributed by atoms with Gasteiger partial charge in [0.05, 0.1) is 12.4 Å². The van der Waals surface area contributed by atoms with E-state index < -0.39 is 10.0 Å². The van der Waals surface area contributed by atoms with Crippen LogP contribution in [0.3, 0.4) is 0 Å². The molecule has 1 aliphatic rings. The van der Waals surface area contributed by atoms with Gasteiger partial charge in [-0.1, -0.05) is 6.92 Å². The molecule has 1 aliphatic heterocycles. The number of sulfonamides is 1. The van der Waals surface area contributed by atoms with Crippen molar-refractivity contribution in [3.63, 3.8) is 0 Å². The van der Waals surface area contributed by atoms with Crippen molar-refractivity contribution >= 4 is 21.6 Å². The maximum atomic E-state index is 12.4. The predicted octanol–water partition coefficient (Wildman–Crippen LogP) is 1.58. The van der Waals surface area contributed by atoms with Crippen molar-refractivity contribution < 1.29 is 17.9 Å². The highest BCUT2D eigenvalue weighted by molar-refractivity contribution is 7.92. The first-order valence-electron chi connectivity index (χ1n) is 8.98. The lowest BCUT2D eigenvalue weighted by atomic mass is 9.79. The minimum atomic E-state index is -3.33. The average molecular weight is 384 g/mol. The largest absolute Gasteiger partial charge is 0.384 e.